The molecular formula is C28H25F4N5O6. The minimum absolute atomic E-state index is 0.0446. The van der Waals surface area contributed by atoms with E-state index in [9.17, 15) is 32.3 Å². The Balaban J connectivity index is 1.57. The normalized spacial score (nSPS) is 17.6. The summed E-state index contributed by atoms with van der Waals surface area (Å²) in [5, 5.41) is 13.2. The van der Waals surface area contributed by atoms with Crippen LogP contribution in [-0.4, -0.2) is 65.4 Å². The van der Waals surface area contributed by atoms with Crippen LogP contribution in [0.1, 0.15) is 28.8 Å². The second-order valence-corrected chi connectivity index (χ2v) is 10.1. The Hall–Kier alpha value is -4.92. The predicted octanol–water partition coefficient (Wildman–Crippen LogP) is 3.10. The van der Waals surface area contributed by atoms with E-state index in [-0.39, 0.29) is 46.3 Å². The Kier molecular flexibility index (Phi) is 7.16. The average Bonchev–Trinajstić information content (AvgIpc) is 3.56. The van der Waals surface area contributed by atoms with Crippen LogP contribution >= 0.6 is 0 Å². The largest absolute Gasteiger partial charge is 0.497 e. The van der Waals surface area contributed by atoms with Gasteiger partial charge in [-0.3, -0.25) is 9.59 Å². The van der Waals surface area contributed by atoms with Crippen molar-refractivity contribution >= 4 is 22.8 Å². The Morgan fingerprint density at radius 1 is 1.14 bits per heavy atom. The van der Waals surface area contributed by atoms with Crippen LogP contribution in [0.25, 0.3) is 22.3 Å². The molecule has 1 aliphatic heterocycles. The number of alkyl halides is 3. The van der Waals surface area contributed by atoms with E-state index in [2.05, 4.69) is 20.3 Å². The maximum absolute atomic E-state index is 14.6. The number of nitrogens with two attached hydrogens (primary N) is 1. The summed E-state index contributed by atoms with van der Waals surface area (Å²) in [4.78, 5) is 36.2. The molecule has 43 heavy (non-hydrogen) atoms. The van der Waals surface area contributed by atoms with Gasteiger partial charge in [0.2, 0.25) is 11.5 Å². The maximum atomic E-state index is 14.6. The number of carbonyl (C=O) groups is 2. The smallest absolute Gasteiger partial charge is 0.424 e. The van der Waals surface area contributed by atoms with E-state index in [1.54, 1.807) is 0 Å². The zero-order valence-electron chi connectivity index (χ0n) is 22.9. The molecule has 2 aromatic heterocycles. The summed E-state index contributed by atoms with van der Waals surface area (Å²) in [6.45, 7) is -0.327. The number of benzene rings is 2. The van der Waals surface area contributed by atoms with Crippen molar-refractivity contribution in [1.82, 2.24) is 20.3 Å². The molecule has 226 valence electrons. The number of hydrogen-bond donors (Lipinski definition) is 4. The van der Waals surface area contributed by atoms with Crippen molar-refractivity contribution in [2.75, 3.05) is 27.4 Å². The number of aromatic amines is 1. The molecule has 3 heterocycles. The van der Waals surface area contributed by atoms with Gasteiger partial charge in [-0.05, 0) is 37.3 Å². The van der Waals surface area contributed by atoms with Crippen molar-refractivity contribution in [2.24, 2.45) is 5.73 Å². The summed E-state index contributed by atoms with van der Waals surface area (Å²) >= 11 is 0. The van der Waals surface area contributed by atoms with Gasteiger partial charge in [-0.2, -0.15) is 13.2 Å². The minimum atomic E-state index is -5.38. The van der Waals surface area contributed by atoms with E-state index >= 15 is 0 Å². The number of amides is 2. The molecule has 0 saturated heterocycles. The van der Waals surface area contributed by atoms with Gasteiger partial charge < -0.3 is 35.4 Å². The SMILES string of the molecule is COc1cc(OC)c2nc(C(=O)NC[C@](O)(c3cc4c(c(-c5ccc(F)cc5)n3)OC[C@]4(C)C(N)=O)C(F)(F)F)[nH]c2c1. The van der Waals surface area contributed by atoms with E-state index < -0.39 is 47.1 Å². The maximum Gasteiger partial charge on any atom is 0.424 e. The van der Waals surface area contributed by atoms with Crippen molar-refractivity contribution < 1.29 is 46.5 Å². The molecule has 0 saturated carbocycles. The Morgan fingerprint density at radius 3 is 2.44 bits per heavy atom. The summed E-state index contributed by atoms with van der Waals surface area (Å²) < 4.78 is 73.5. The number of halogens is 4. The first kappa shape index (κ1) is 29.6. The van der Waals surface area contributed by atoms with Gasteiger partial charge in [0, 0.05) is 23.3 Å². The lowest BCUT2D eigenvalue weighted by molar-refractivity contribution is -0.265. The van der Waals surface area contributed by atoms with E-state index in [0.29, 0.717) is 11.3 Å². The van der Waals surface area contributed by atoms with E-state index in [1.165, 1.54) is 45.4 Å². The first-order valence-corrected chi connectivity index (χ1v) is 12.7. The van der Waals surface area contributed by atoms with E-state index in [1.807, 2.05) is 0 Å². The first-order chi connectivity index (χ1) is 20.2. The molecule has 2 amide bonds. The molecule has 0 bridgehead atoms. The number of primary amides is 1. The van der Waals surface area contributed by atoms with Crippen molar-refractivity contribution in [3.8, 4) is 28.5 Å². The lowest BCUT2D eigenvalue weighted by atomic mass is 9.81. The summed E-state index contributed by atoms with van der Waals surface area (Å²) in [7, 11) is 2.78. The molecule has 1 aliphatic rings. The number of H-pyrrole nitrogens is 1. The molecule has 5 N–H and O–H groups in total. The van der Waals surface area contributed by atoms with Crippen LogP contribution in [0.15, 0.2) is 42.5 Å². The number of aromatic nitrogens is 3. The topological polar surface area (TPSA) is 162 Å². The van der Waals surface area contributed by atoms with Gasteiger partial charge in [0.05, 0.1) is 32.0 Å². The Morgan fingerprint density at radius 2 is 1.84 bits per heavy atom. The Labute approximate surface area is 241 Å². The zero-order chi connectivity index (χ0) is 31.3. The van der Waals surface area contributed by atoms with Gasteiger partial charge in [-0.15, -0.1) is 0 Å². The quantitative estimate of drug-likeness (QED) is 0.224. The van der Waals surface area contributed by atoms with Crippen molar-refractivity contribution in [3.05, 3.63) is 65.4 Å². The van der Waals surface area contributed by atoms with Crippen LogP contribution < -0.4 is 25.3 Å². The van der Waals surface area contributed by atoms with Crippen LogP contribution in [0.4, 0.5) is 17.6 Å². The number of hydrogen-bond acceptors (Lipinski definition) is 8. The number of rotatable bonds is 8. The molecule has 15 heteroatoms. The predicted molar refractivity (Wildman–Crippen MR) is 143 cm³/mol. The van der Waals surface area contributed by atoms with Crippen LogP contribution in [0.3, 0.4) is 0 Å². The highest BCUT2D eigenvalue weighted by atomic mass is 19.4. The van der Waals surface area contributed by atoms with Crippen molar-refractivity contribution in [2.45, 2.75) is 24.1 Å². The highest BCUT2D eigenvalue weighted by molar-refractivity contribution is 5.96. The fraction of sp³-hybridized carbons (Fsp3) is 0.286. The van der Waals surface area contributed by atoms with Crippen LogP contribution in [-0.2, 0) is 15.8 Å². The van der Waals surface area contributed by atoms with Gasteiger partial charge in [0.1, 0.15) is 46.3 Å². The van der Waals surface area contributed by atoms with E-state index in [0.717, 1.165) is 18.2 Å². The van der Waals surface area contributed by atoms with Crippen LogP contribution in [0.2, 0.25) is 0 Å². The number of aliphatic hydroxyl groups is 1. The molecule has 0 unspecified atom stereocenters. The fourth-order valence-electron chi connectivity index (χ4n) is 4.67. The number of ether oxygens (including phenoxy) is 3. The second-order valence-electron chi connectivity index (χ2n) is 10.1. The zero-order valence-corrected chi connectivity index (χ0v) is 22.9. The minimum Gasteiger partial charge on any atom is -0.497 e. The number of imidazole rings is 1. The van der Waals surface area contributed by atoms with Crippen molar-refractivity contribution in [1.29, 1.82) is 0 Å². The van der Waals surface area contributed by atoms with Gasteiger partial charge in [-0.1, -0.05) is 0 Å². The standard InChI is InChI=1S/C28H25F4N5O6/c1-26(25(33)39)12-43-22-16(26)10-19(36-20(22)13-4-6-14(29)7-5-13)27(40,28(30,31)32)11-34-24(38)23-35-17-8-15(41-2)9-18(42-3)21(17)37-23/h4-10,40H,11-12H2,1-3H3,(H2,33,39)(H,34,38)(H,35,37)/t26-,27-/m0/s1. The second kappa shape index (κ2) is 10.4. The number of carbonyl (C=O) groups excluding carboxylic acids is 2. The highest BCUT2D eigenvalue weighted by Gasteiger charge is 2.57. The third-order valence-electron chi connectivity index (χ3n) is 7.33. The third-order valence-corrected chi connectivity index (χ3v) is 7.33. The monoisotopic (exact) mass is 603 g/mol. The molecule has 0 aliphatic carbocycles. The number of nitrogens with zero attached hydrogens (tertiary/aromatic N) is 2. The van der Waals surface area contributed by atoms with Gasteiger partial charge in [0.25, 0.3) is 5.91 Å². The molecule has 2 aromatic carbocycles. The fourth-order valence-corrected chi connectivity index (χ4v) is 4.67. The summed E-state index contributed by atoms with van der Waals surface area (Å²) in [5.41, 5.74) is -0.293. The highest BCUT2D eigenvalue weighted by Crippen LogP contribution is 2.47. The molecule has 0 fully saturated rings. The van der Waals surface area contributed by atoms with Crippen molar-refractivity contribution in [3.63, 3.8) is 0 Å². The number of fused-ring (bicyclic) bond motifs is 2. The molecular weight excluding hydrogens is 578 g/mol. The van der Waals surface area contributed by atoms with Gasteiger partial charge >= 0.3 is 6.18 Å². The van der Waals surface area contributed by atoms with Gasteiger partial charge in [-0.25, -0.2) is 14.4 Å². The molecule has 2 atom stereocenters. The number of methoxy groups -OCH3 is 2. The van der Waals surface area contributed by atoms with Crippen LogP contribution in [0.5, 0.6) is 17.2 Å². The van der Waals surface area contributed by atoms with Crippen LogP contribution in [0, 0.1) is 5.82 Å². The first-order valence-electron chi connectivity index (χ1n) is 12.7. The lowest BCUT2D eigenvalue weighted by Gasteiger charge is -2.31. The summed E-state index contributed by atoms with van der Waals surface area (Å²) in [6.07, 6.45) is -5.38. The molecule has 4 aromatic rings. The molecule has 11 nitrogen and oxygen atoms in total. The Bertz CT molecular complexity index is 1740. The third kappa shape index (κ3) is 4.94. The summed E-state index contributed by atoms with van der Waals surface area (Å²) in [6, 6.07) is 8.53. The average molecular weight is 604 g/mol. The number of pyridine rings is 1. The molecule has 5 rings (SSSR count). The van der Waals surface area contributed by atoms with Gasteiger partial charge in [0.15, 0.2) is 5.82 Å². The van der Waals surface area contributed by atoms with E-state index in [4.69, 9.17) is 19.9 Å². The molecule has 0 spiro atoms. The summed E-state index contributed by atoms with van der Waals surface area (Å²) in [5.74, 6) is -2.38. The lowest BCUT2D eigenvalue weighted by Crippen LogP contribution is -2.52. The number of nitrogens with one attached hydrogen (secondary N) is 2. The molecule has 0 radical (unpaired) electrons.